The molecule has 0 spiro atoms. The molecule has 5 aromatic rings. The Kier molecular flexibility index (Phi) is 4.64. The van der Waals surface area contributed by atoms with E-state index in [1.807, 2.05) is 36.5 Å². The lowest BCUT2D eigenvalue weighted by Gasteiger charge is -2.36. The van der Waals surface area contributed by atoms with Crippen molar-refractivity contribution in [2.45, 2.75) is 5.41 Å². The molecule has 0 aliphatic rings. The summed E-state index contributed by atoms with van der Waals surface area (Å²) in [7, 11) is 1.67. The van der Waals surface area contributed by atoms with Crippen LogP contribution < -0.4 is 10.5 Å². The minimum Gasteiger partial charge on any atom is -0.497 e. The highest BCUT2D eigenvalue weighted by Gasteiger charge is 2.41. The Labute approximate surface area is 180 Å². The zero-order chi connectivity index (χ0) is 21.3. The van der Waals surface area contributed by atoms with Crippen LogP contribution in [0.4, 0.5) is 5.95 Å². The van der Waals surface area contributed by atoms with Crippen molar-refractivity contribution in [1.29, 1.82) is 0 Å². The van der Waals surface area contributed by atoms with Gasteiger partial charge in [-0.15, -0.1) is 0 Å². The fourth-order valence-corrected chi connectivity index (χ4v) is 4.37. The summed E-state index contributed by atoms with van der Waals surface area (Å²) in [5, 5.41) is 0.928. The van der Waals surface area contributed by atoms with E-state index in [1.165, 1.54) is 0 Å². The number of nitrogens with one attached hydrogen (secondary N) is 1. The molecule has 0 saturated heterocycles. The summed E-state index contributed by atoms with van der Waals surface area (Å²) in [4.78, 5) is 12.4. The Balaban J connectivity index is 1.96. The monoisotopic (exact) mass is 406 g/mol. The van der Waals surface area contributed by atoms with Crippen molar-refractivity contribution >= 4 is 17.0 Å². The first-order valence-corrected chi connectivity index (χ1v) is 10.1. The third-order valence-corrected chi connectivity index (χ3v) is 5.72. The predicted molar refractivity (Wildman–Crippen MR) is 123 cm³/mol. The molecule has 5 rings (SSSR count). The number of fused-ring (bicyclic) bond motifs is 1. The van der Waals surface area contributed by atoms with Crippen LogP contribution in [-0.4, -0.2) is 22.1 Å². The Morgan fingerprint density at radius 2 is 1.32 bits per heavy atom. The fraction of sp³-hybridized carbons (Fsp3) is 0.0769. The van der Waals surface area contributed by atoms with Crippen molar-refractivity contribution in [1.82, 2.24) is 15.0 Å². The molecule has 5 heteroatoms. The van der Waals surface area contributed by atoms with Gasteiger partial charge in [0.1, 0.15) is 11.4 Å². The number of aromatic amines is 1. The zero-order valence-corrected chi connectivity index (χ0v) is 17.1. The molecule has 0 saturated carbocycles. The minimum atomic E-state index is -0.702. The van der Waals surface area contributed by atoms with E-state index >= 15 is 0 Å². The summed E-state index contributed by atoms with van der Waals surface area (Å²) in [6, 6.07) is 30.9. The molecule has 2 heterocycles. The molecule has 2 aromatic heterocycles. The SMILES string of the molecule is COc1ccc(C(c2ccccc2)(c2ccccc2)c2nc(N)nc3[nH]ccc23)cc1. The molecule has 0 aliphatic carbocycles. The molecule has 31 heavy (non-hydrogen) atoms. The Morgan fingerprint density at radius 1 is 0.742 bits per heavy atom. The summed E-state index contributed by atoms with van der Waals surface area (Å²) in [5.41, 5.74) is 10.3. The summed E-state index contributed by atoms with van der Waals surface area (Å²) in [6.07, 6.45) is 1.87. The standard InChI is InChI=1S/C26H22N4O/c1-31-21-14-12-20(13-15-21)26(18-8-4-2-5-9-18,19-10-6-3-7-11-19)23-22-16-17-28-24(22)30-25(27)29-23/h2-17H,1H3,(H3,27,28,29,30). The number of nitrogens with two attached hydrogens (primary N) is 1. The van der Waals surface area contributed by atoms with Gasteiger partial charge in [0.15, 0.2) is 0 Å². The second-order valence-electron chi connectivity index (χ2n) is 7.38. The Hall–Kier alpha value is -4.12. The van der Waals surface area contributed by atoms with E-state index in [0.29, 0.717) is 5.65 Å². The second-order valence-corrected chi connectivity index (χ2v) is 7.38. The van der Waals surface area contributed by atoms with Gasteiger partial charge in [0.2, 0.25) is 5.95 Å². The average molecular weight is 406 g/mol. The van der Waals surface area contributed by atoms with Crippen LogP contribution in [0.3, 0.4) is 0 Å². The zero-order valence-electron chi connectivity index (χ0n) is 17.1. The molecule has 0 amide bonds. The largest absolute Gasteiger partial charge is 0.497 e. The number of methoxy groups -OCH3 is 1. The lowest BCUT2D eigenvalue weighted by Crippen LogP contribution is -2.32. The van der Waals surface area contributed by atoms with Crippen LogP contribution in [0, 0.1) is 0 Å². The van der Waals surface area contributed by atoms with Crippen molar-refractivity contribution in [3.63, 3.8) is 0 Å². The minimum absolute atomic E-state index is 0.231. The van der Waals surface area contributed by atoms with Gasteiger partial charge in [-0.1, -0.05) is 72.8 Å². The second kappa shape index (κ2) is 7.61. The number of rotatable bonds is 5. The van der Waals surface area contributed by atoms with E-state index in [9.17, 15) is 0 Å². The molecule has 0 aliphatic heterocycles. The van der Waals surface area contributed by atoms with E-state index in [2.05, 4.69) is 70.6 Å². The highest BCUT2D eigenvalue weighted by molar-refractivity contribution is 5.83. The number of nitrogens with zero attached hydrogens (tertiary/aromatic N) is 2. The van der Waals surface area contributed by atoms with Gasteiger partial charge in [-0.2, -0.15) is 4.98 Å². The average Bonchev–Trinajstić information content (AvgIpc) is 3.30. The topological polar surface area (TPSA) is 76.8 Å². The van der Waals surface area contributed by atoms with Gasteiger partial charge in [0.25, 0.3) is 0 Å². The molecule has 3 N–H and O–H groups in total. The van der Waals surface area contributed by atoms with Gasteiger partial charge in [0.05, 0.1) is 18.2 Å². The third-order valence-electron chi connectivity index (χ3n) is 5.72. The molecule has 0 bridgehead atoms. The normalized spacial score (nSPS) is 11.5. The van der Waals surface area contributed by atoms with Gasteiger partial charge in [0, 0.05) is 11.6 Å². The van der Waals surface area contributed by atoms with Crippen LogP contribution in [0.15, 0.2) is 97.2 Å². The van der Waals surface area contributed by atoms with Gasteiger partial charge in [-0.05, 0) is 34.9 Å². The highest BCUT2D eigenvalue weighted by atomic mass is 16.5. The van der Waals surface area contributed by atoms with E-state index < -0.39 is 5.41 Å². The number of benzene rings is 3. The van der Waals surface area contributed by atoms with E-state index in [4.69, 9.17) is 15.5 Å². The number of ether oxygens (including phenoxy) is 1. The maximum atomic E-state index is 6.20. The summed E-state index contributed by atoms with van der Waals surface area (Å²) in [6.45, 7) is 0. The van der Waals surface area contributed by atoms with Crippen molar-refractivity contribution < 1.29 is 4.74 Å². The van der Waals surface area contributed by atoms with Crippen LogP contribution in [0.2, 0.25) is 0 Å². The number of hydrogen-bond donors (Lipinski definition) is 2. The molecule has 0 atom stereocenters. The highest BCUT2D eigenvalue weighted by Crippen LogP contribution is 2.46. The number of anilines is 1. The van der Waals surface area contributed by atoms with Gasteiger partial charge < -0.3 is 15.5 Å². The third kappa shape index (κ3) is 3.02. The quantitative estimate of drug-likeness (QED) is 0.406. The van der Waals surface area contributed by atoms with Crippen molar-refractivity contribution in [2.24, 2.45) is 0 Å². The van der Waals surface area contributed by atoms with Gasteiger partial charge in [-0.3, -0.25) is 0 Å². The maximum absolute atomic E-state index is 6.20. The summed E-state index contributed by atoms with van der Waals surface area (Å²) < 4.78 is 5.43. The lowest BCUT2D eigenvalue weighted by molar-refractivity contribution is 0.414. The van der Waals surface area contributed by atoms with Crippen LogP contribution in [0.5, 0.6) is 5.75 Å². The van der Waals surface area contributed by atoms with E-state index in [0.717, 1.165) is 33.5 Å². The molecular weight excluding hydrogens is 384 g/mol. The Bertz CT molecular complexity index is 1270. The Morgan fingerprint density at radius 3 is 1.90 bits per heavy atom. The predicted octanol–water partition coefficient (Wildman–Crippen LogP) is 4.93. The smallest absolute Gasteiger partial charge is 0.222 e. The number of hydrogen-bond acceptors (Lipinski definition) is 4. The molecular formula is C26H22N4O. The van der Waals surface area contributed by atoms with Crippen molar-refractivity contribution in [2.75, 3.05) is 12.8 Å². The lowest BCUT2D eigenvalue weighted by atomic mass is 9.66. The fourth-order valence-electron chi connectivity index (χ4n) is 4.37. The first kappa shape index (κ1) is 18.9. The van der Waals surface area contributed by atoms with E-state index in [-0.39, 0.29) is 5.95 Å². The van der Waals surface area contributed by atoms with E-state index in [1.54, 1.807) is 7.11 Å². The summed E-state index contributed by atoms with van der Waals surface area (Å²) in [5.74, 6) is 1.03. The van der Waals surface area contributed by atoms with Gasteiger partial charge in [-0.25, -0.2) is 4.98 Å². The molecule has 0 radical (unpaired) electrons. The maximum Gasteiger partial charge on any atom is 0.222 e. The summed E-state index contributed by atoms with van der Waals surface area (Å²) >= 11 is 0. The van der Waals surface area contributed by atoms with Crippen LogP contribution in [0.25, 0.3) is 11.0 Å². The number of H-pyrrole nitrogens is 1. The first-order chi connectivity index (χ1) is 15.2. The number of aromatic nitrogens is 3. The molecule has 3 aromatic carbocycles. The van der Waals surface area contributed by atoms with Crippen LogP contribution >= 0.6 is 0 Å². The molecule has 5 nitrogen and oxygen atoms in total. The van der Waals surface area contributed by atoms with Crippen molar-refractivity contribution in [3.05, 3.63) is 120 Å². The number of nitrogen functional groups attached to an aromatic ring is 1. The van der Waals surface area contributed by atoms with Crippen LogP contribution in [-0.2, 0) is 5.41 Å². The van der Waals surface area contributed by atoms with Crippen LogP contribution in [0.1, 0.15) is 22.4 Å². The van der Waals surface area contributed by atoms with Crippen molar-refractivity contribution in [3.8, 4) is 5.75 Å². The molecule has 152 valence electrons. The molecule has 0 unspecified atom stereocenters. The molecule has 0 fully saturated rings. The first-order valence-electron chi connectivity index (χ1n) is 10.1. The van der Waals surface area contributed by atoms with Gasteiger partial charge >= 0.3 is 0 Å².